The molecule has 2 N–H and O–H groups in total. The van der Waals surface area contributed by atoms with Gasteiger partial charge in [-0.1, -0.05) is 19.0 Å². The van der Waals surface area contributed by atoms with Crippen LogP contribution in [0, 0.1) is 17.0 Å². The van der Waals surface area contributed by atoms with Crippen molar-refractivity contribution in [2.45, 2.75) is 26.7 Å². The Labute approximate surface area is 159 Å². The molecule has 152 valence electrons. The van der Waals surface area contributed by atoms with Crippen molar-refractivity contribution in [2.24, 2.45) is 22.9 Å². The summed E-state index contributed by atoms with van der Waals surface area (Å²) in [6.45, 7) is 4.70. The first-order chi connectivity index (χ1) is 11.8. The number of oxime groups is 1. The van der Waals surface area contributed by atoms with Gasteiger partial charge in [0.1, 0.15) is 14.2 Å². The molecular weight excluding hydrogens is 370 g/mol. The molecule has 2 unspecified atom stereocenters. The Kier molecular flexibility index (Phi) is 14.5. The lowest BCUT2D eigenvalue weighted by atomic mass is 10.0. The van der Waals surface area contributed by atoms with Crippen LogP contribution in [0.2, 0.25) is 0 Å². The van der Waals surface area contributed by atoms with E-state index in [1.54, 1.807) is 0 Å². The monoisotopic (exact) mass is 397 g/mol. The number of hydroxylamine groups is 1. The fraction of sp³-hybridized carbons (Fsp3) is 0.733. The second-order valence-corrected chi connectivity index (χ2v) is 5.43. The number of carbonyl (C=O) groups is 2. The molecule has 2 saturated heterocycles. The Bertz CT molecular complexity index is 507. The van der Waals surface area contributed by atoms with E-state index in [4.69, 9.17) is 9.47 Å². The summed E-state index contributed by atoms with van der Waals surface area (Å²) in [6.07, 6.45) is 1.57. The quantitative estimate of drug-likeness (QED) is 0.295. The fourth-order valence-electron chi connectivity index (χ4n) is 2.14. The van der Waals surface area contributed by atoms with Gasteiger partial charge in [0.25, 0.3) is 5.71 Å². The molecule has 2 aliphatic heterocycles. The Balaban J connectivity index is 0. The third-order valence-electron chi connectivity index (χ3n) is 3.45. The van der Waals surface area contributed by atoms with Gasteiger partial charge in [-0.2, -0.15) is 0 Å². The highest BCUT2D eigenvalue weighted by Gasteiger charge is 2.31. The number of carbonyl (C=O) groups excluding carboxylic acids is 2. The zero-order valence-electron chi connectivity index (χ0n) is 15.7. The van der Waals surface area contributed by atoms with Gasteiger partial charge in [0, 0.05) is 5.92 Å². The summed E-state index contributed by atoms with van der Waals surface area (Å²) in [5.41, 5.74) is 0.620. The molecular formula is C15H28ClN3O7. The molecule has 0 saturated carbocycles. The fourth-order valence-corrected chi connectivity index (χ4v) is 2.14. The molecule has 10 nitrogen and oxygen atoms in total. The van der Waals surface area contributed by atoms with Gasteiger partial charge in [0.15, 0.2) is 5.71 Å². The van der Waals surface area contributed by atoms with Crippen LogP contribution in [-0.2, 0) is 28.7 Å². The van der Waals surface area contributed by atoms with Crippen LogP contribution in [0.15, 0.2) is 5.16 Å². The minimum absolute atomic E-state index is 0. The predicted molar refractivity (Wildman–Crippen MR) is 96.9 cm³/mol. The molecule has 0 aromatic rings. The van der Waals surface area contributed by atoms with E-state index in [-0.39, 0.29) is 35.9 Å². The molecule has 0 amide bonds. The van der Waals surface area contributed by atoms with Crippen LogP contribution in [-0.4, -0.2) is 62.6 Å². The van der Waals surface area contributed by atoms with Crippen molar-refractivity contribution >= 4 is 35.8 Å². The number of ether oxygens (including phenoxy) is 2. The van der Waals surface area contributed by atoms with E-state index in [2.05, 4.69) is 20.7 Å². The van der Waals surface area contributed by atoms with Crippen LogP contribution >= 0.6 is 12.4 Å². The molecule has 0 aromatic carbocycles. The van der Waals surface area contributed by atoms with Gasteiger partial charge in [-0.15, -0.1) is 12.4 Å². The Morgan fingerprint density at radius 2 is 1.58 bits per heavy atom. The van der Waals surface area contributed by atoms with E-state index in [1.807, 2.05) is 13.8 Å². The van der Waals surface area contributed by atoms with Crippen LogP contribution in [0.1, 0.15) is 26.7 Å². The van der Waals surface area contributed by atoms with Gasteiger partial charge in [-0.3, -0.25) is 0 Å². The number of hydrogen-bond donors (Lipinski definition) is 1. The average molecular weight is 398 g/mol. The number of rotatable bonds is 1. The molecule has 0 radical (unpaired) electrons. The summed E-state index contributed by atoms with van der Waals surface area (Å²) >= 11 is 0. The molecule has 0 aromatic heterocycles. The minimum Gasteiger partial charge on any atom is -0.624 e. The van der Waals surface area contributed by atoms with Gasteiger partial charge >= 0.3 is 11.9 Å². The largest absolute Gasteiger partial charge is 0.624 e. The van der Waals surface area contributed by atoms with E-state index in [9.17, 15) is 14.8 Å². The Morgan fingerprint density at radius 1 is 1.12 bits per heavy atom. The summed E-state index contributed by atoms with van der Waals surface area (Å²) in [4.78, 5) is 30.2. The number of cyclic esters (lactones) is 2. The molecule has 2 atom stereocenters. The maximum absolute atomic E-state index is 11.0. The first-order valence-electron chi connectivity index (χ1n) is 7.75. The predicted octanol–water partition coefficient (Wildman–Crippen LogP) is 0.651. The number of halogens is 1. The first-order valence-corrected chi connectivity index (χ1v) is 7.75. The third-order valence-corrected chi connectivity index (χ3v) is 3.45. The molecule has 0 spiro atoms. The second-order valence-electron chi connectivity index (χ2n) is 5.43. The van der Waals surface area contributed by atoms with E-state index in [0.717, 1.165) is 12.8 Å². The van der Waals surface area contributed by atoms with Gasteiger partial charge in [-0.25, -0.2) is 20.2 Å². The minimum atomic E-state index is -0.471. The summed E-state index contributed by atoms with van der Waals surface area (Å²) in [7, 11) is 4.14. The van der Waals surface area contributed by atoms with Gasteiger partial charge in [0.05, 0.1) is 26.2 Å². The van der Waals surface area contributed by atoms with Crippen molar-refractivity contribution < 1.29 is 33.5 Å². The van der Waals surface area contributed by atoms with Crippen molar-refractivity contribution in [3.05, 3.63) is 5.21 Å². The van der Waals surface area contributed by atoms with E-state index < -0.39 is 5.97 Å². The van der Waals surface area contributed by atoms with E-state index in [0.29, 0.717) is 23.7 Å². The lowest BCUT2D eigenvalue weighted by molar-refractivity contribution is -0.425. The smallest absolute Gasteiger partial charge is 0.400 e. The normalized spacial score (nSPS) is 25.2. The highest BCUT2D eigenvalue weighted by molar-refractivity contribution is 6.37. The molecule has 0 aliphatic carbocycles. The van der Waals surface area contributed by atoms with Gasteiger partial charge in [-0.05, 0) is 12.8 Å². The van der Waals surface area contributed by atoms with Crippen molar-refractivity contribution in [3.63, 3.8) is 0 Å². The highest BCUT2D eigenvalue weighted by Crippen LogP contribution is 2.13. The molecule has 11 heteroatoms. The van der Waals surface area contributed by atoms with Crippen LogP contribution in [0.3, 0.4) is 0 Å². The summed E-state index contributed by atoms with van der Waals surface area (Å²) in [5, 5.41) is 14.4. The maximum atomic E-state index is 11.0. The number of esters is 2. The lowest BCUT2D eigenvalue weighted by Crippen LogP contribution is -2.36. The van der Waals surface area contributed by atoms with Crippen LogP contribution in [0.25, 0.3) is 0 Å². The number of nitrogens with zero attached hydrogens (tertiary/aromatic N) is 2. The van der Waals surface area contributed by atoms with E-state index >= 15 is 0 Å². The average Bonchev–Trinajstić information content (AvgIpc) is 2.52. The van der Waals surface area contributed by atoms with E-state index in [1.165, 1.54) is 21.3 Å². The third kappa shape index (κ3) is 8.97. The van der Waals surface area contributed by atoms with Gasteiger partial charge in [0.2, 0.25) is 0 Å². The summed E-state index contributed by atoms with van der Waals surface area (Å²) in [5.74, 6) is 3.70. The topological polar surface area (TPSA) is 136 Å². The van der Waals surface area contributed by atoms with Crippen LogP contribution in [0.4, 0.5) is 0 Å². The molecule has 2 rings (SSSR count). The highest BCUT2D eigenvalue weighted by atomic mass is 35.5. The van der Waals surface area contributed by atoms with Crippen molar-refractivity contribution in [2.75, 3.05) is 34.5 Å². The zero-order chi connectivity index (χ0) is 19.4. The number of hydrogen-bond acceptors (Lipinski definition) is 9. The SMILES string of the molecule is CC1CCOC(=O)/C1=[N+](\C)[O-].CO/N=C1/C(=O)OCCC1C.CON.Cl. The molecule has 2 aliphatic rings. The zero-order valence-corrected chi connectivity index (χ0v) is 16.5. The Morgan fingerprint density at radius 3 is 1.92 bits per heavy atom. The Hall–Kier alpha value is -1.91. The van der Waals surface area contributed by atoms with Gasteiger partial charge < -0.3 is 24.4 Å². The molecule has 26 heavy (non-hydrogen) atoms. The van der Waals surface area contributed by atoms with Crippen molar-refractivity contribution in [1.82, 2.24) is 0 Å². The lowest BCUT2D eigenvalue weighted by Gasteiger charge is -2.18. The number of nitrogens with two attached hydrogens (primary N) is 1. The van der Waals surface area contributed by atoms with Crippen LogP contribution < -0.4 is 5.90 Å². The molecule has 0 bridgehead atoms. The van der Waals surface area contributed by atoms with Crippen molar-refractivity contribution in [3.8, 4) is 0 Å². The maximum Gasteiger partial charge on any atom is 0.400 e. The van der Waals surface area contributed by atoms with Crippen LogP contribution in [0.5, 0.6) is 0 Å². The summed E-state index contributed by atoms with van der Waals surface area (Å²) in [6, 6.07) is 0. The first kappa shape index (κ1) is 26.3. The summed E-state index contributed by atoms with van der Waals surface area (Å²) < 4.78 is 10.1. The standard InChI is InChI=1S/2C7H11NO3.CH5NO.ClH/c1-5-3-4-11-7(9)6(5)8-10-2;1-5-3-4-11-7(9)6(5)8(2)10;1-3-2;/h2*5H,3-4H2,1-2H3;2H2,1H3;1H/b2*8-6+;;. The molecule has 2 fully saturated rings. The second kappa shape index (κ2) is 14.3. The molecule has 2 heterocycles. The van der Waals surface area contributed by atoms with Crippen molar-refractivity contribution in [1.29, 1.82) is 0 Å².